The molecule has 0 saturated heterocycles. The summed E-state index contributed by atoms with van der Waals surface area (Å²) in [4.78, 5) is 12.3. The summed E-state index contributed by atoms with van der Waals surface area (Å²) in [6.45, 7) is 2.32. The van der Waals surface area contributed by atoms with Crippen LogP contribution in [0.2, 0.25) is 0 Å². The molecule has 2 aromatic carbocycles. The molecule has 0 aromatic heterocycles. The van der Waals surface area contributed by atoms with Gasteiger partial charge in [0.25, 0.3) is 5.91 Å². The van der Waals surface area contributed by atoms with Crippen molar-refractivity contribution in [1.29, 1.82) is 5.26 Å². The van der Waals surface area contributed by atoms with Crippen LogP contribution in [-0.4, -0.2) is 19.6 Å². The van der Waals surface area contributed by atoms with Crippen molar-refractivity contribution >= 4 is 5.91 Å². The van der Waals surface area contributed by atoms with Gasteiger partial charge in [0.2, 0.25) is 0 Å². The van der Waals surface area contributed by atoms with Crippen LogP contribution in [0.25, 0.3) is 0 Å². The van der Waals surface area contributed by atoms with E-state index in [0.717, 1.165) is 16.9 Å². The number of hydrogen-bond acceptors (Lipinski definition) is 4. The first-order valence-electron chi connectivity index (χ1n) is 8.56. The van der Waals surface area contributed by atoms with Gasteiger partial charge in [0, 0.05) is 12.7 Å². The number of hydrogen-bond donors (Lipinski definition) is 2. The van der Waals surface area contributed by atoms with Crippen molar-refractivity contribution in [3.05, 3.63) is 77.2 Å². The molecular formula is C21H22FN3O2. The number of amides is 1. The topological polar surface area (TPSA) is 74.1 Å². The molecule has 0 fully saturated rings. The largest absolute Gasteiger partial charge is 0.497 e. The molecule has 1 amide bonds. The van der Waals surface area contributed by atoms with Gasteiger partial charge in [-0.05, 0) is 48.7 Å². The van der Waals surface area contributed by atoms with Crippen LogP contribution < -0.4 is 15.4 Å². The number of benzene rings is 2. The molecule has 27 heavy (non-hydrogen) atoms. The van der Waals surface area contributed by atoms with Crippen molar-refractivity contribution in [3.63, 3.8) is 0 Å². The molecule has 0 bridgehead atoms. The second-order valence-corrected chi connectivity index (χ2v) is 5.97. The number of methoxy groups -OCH3 is 1. The number of ether oxygens (including phenoxy) is 1. The first-order valence-corrected chi connectivity index (χ1v) is 8.56. The Hall–Kier alpha value is -3.33. The molecule has 2 aromatic rings. The molecule has 0 aliphatic rings. The van der Waals surface area contributed by atoms with Crippen molar-refractivity contribution in [2.24, 2.45) is 0 Å². The number of carbonyl (C=O) groups is 1. The lowest BCUT2D eigenvalue weighted by Gasteiger charge is -2.14. The molecule has 0 aliphatic heterocycles. The third kappa shape index (κ3) is 6.15. The summed E-state index contributed by atoms with van der Waals surface area (Å²) >= 11 is 0. The summed E-state index contributed by atoms with van der Waals surface area (Å²) in [5.74, 6) is -0.0101. The summed E-state index contributed by atoms with van der Waals surface area (Å²) < 4.78 is 18.2. The van der Waals surface area contributed by atoms with Gasteiger partial charge in [0.15, 0.2) is 0 Å². The number of halogens is 1. The highest BCUT2D eigenvalue weighted by molar-refractivity contribution is 5.97. The Labute approximate surface area is 158 Å². The third-order valence-corrected chi connectivity index (χ3v) is 4.02. The Morgan fingerprint density at radius 1 is 1.30 bits per heavy atom. The van der Waals surface area contributed by atoms with E-state index in [1.54, 1.807) is 13.2 Å². The van der Waals surface area contributed by atoms with E-state index in [2.05, 4.69) is 10.6 Å². The first-order chi connectivity index (χ1) is 13.0. The fourth-order valence-corrected chi connectivity index (χ4v) is 2.48. The smallest absolute Gasteiger partial charge is 0.263 e. The lowest BCUT2D eigenvalue weighted by Crippen LogP contribution is -2.28. The minimum atomic E-state index is -0.459. The SMILES string of the molecule is COc1ccc(C(C)NC(=O)/C(C#N)=C\NCCc2cccc(F)c2)cc1. The van der Waals surface area contributed by atoms with Gasteiger partial charge in [-0.25, -0.2) is 4.39 Å². The number of rotatable bonds is 8. The first kappa shape index (κ1) is 20.0. The molecule has 0 radical (unpaired) electrons. The van der Waals surface area contributed by atoms with Crippen LogP contribution in [0.4, 0.5) is 4.39 Å². The number of nitrogens with zero attached hydrogens (tertiary/aromatic N) is 1. The zero-order valence-corrected chi connectivity index (χ0v) is 15.3. The summed E-state index contributed by atoms with van der Waals surface area (Å²) in [5, 5.41) is 14.9. The number of nitrogens with one attached hydrogen (secondary N) is 2. The Balaban J connectivity index is 1.88. The summed E-state index contributed by atoms with van der Waals surface area (Å²) in [7, 11) is 1.59. The normalized spacial score (nSPS) is 12.0. The van der Waals surface area contributed by atoms with Crippen molar-refractivity contribution in [2.75, 3.05) is 13.7 Å². The lowest BCUT2D eigenvalue weighted by molar-refractivity contribution is -0.117. The maximum Gasteiger partial charge on any atom is 0.263 e. The van der Waals surface area contributed by atoms with Gasteiger partial charge in [-0.1, -0.05) is 24.3 Å². The van der Waals surface area contributed by atoms with E-state index in [9.17, 15) is 14.4 Å². The van der Waals surface area contributed by atoms with E-state index in [-0.39, 0.29) is 17.4 Å². The molecule has 2 rings (SSSR count). The van der Waals surface area contributed by atoms with Gasteiger partial charge < -0.3 is 15.4 Å². The average molecular weight is 367 g/mol. The highest BCUT2D eigenvalue weighted by Crippen LogP contribution is 2.17. The predicted molar refractivity (Wildman–Crippen MR) is 101 cm³/mol. The predicted octanol–water partition coefficient (Wildman–Crippen LogP) is 3.25. The molecule has 1 unspecified atom stereocenters. The third-order valence-electron chi connectivity index (χ3n) is 4.02. The zero-order chi connectivity index (χ0) is 19.6. The van der Waals surface area contributed by atoms with Crippen LogP contribution in [-0.2, 0) is 11.2 Å². The average Bonchev–Trinajstić information content (AvgIpc) is 2.68. The summed E-state index contributed by atoms with van der Waals surface area (Å²) in [5.41, 5.74) is 1.72. The second kappa shape index (κ2) is 9.97. The molecule has 5 nitrogen and oxygen atoms in total. The highest BCUT2D eigenvalue weighted by atomic mass is 19.1. The molecule has 0 saturated carbocycles. The van der Waals surface area contributed by atoms with Crippen molar-refractivity contribution in [3.8, 4) is 11.8 Å². The molecule has 6 heteroatoms. The number of nitriles is 1. The van der Waals surface area contributed by atoms with E-state index >= 15 is 0 Å². The van der Waals surface area contributed by atoms with Crippen LogP contribution in [0.1, 0.15) is 24.1 Å². The molecule has 2 N–H and O–H groups in total. The highest BCUT2D eigenvalue weighted by Gasteiger charge is 2.13. The van der Waals surface area contributed by atoms with Crippen molar-refractivity contribution in [2.45, 2.75) is 19.4 Å². The van der Waals surface area contributed by atoms with E-state index in [4.69, 9.17) is 4.74 Å². The van der Waals surface area contributed by atoms with Crippen molar-refractivity contribution < 1.29 is 13.9 Å². The minimum Gasteiger partial charge on any atom is -0.497 e. The Morgan fingerprint density at radius 2 is 2.04 bits per heavy atom. The zero-order valence-electron chi connectivity index (χ0n) is 15.3. The monoisotopic (exact) mass is 367 g/mol. The maximum absolute atomic E-state index is 13.1. The van der Waals surface area contributed by atoms with Gasteiger partial charge >= 0.3 is 0 Å². The van der Waals surface area contributed by atoms with Gasteiger partial charge in [-0.3, -0.25) is 4.79 Å². The van der Waals surface area contributed by atoms with E-state index in [0.29, 0.717) is 13.0 Å². The Bertz CT molecular complexity index is 841. The standard InChI is InChI=1S/C21H22FN3O2/c1-15(17-6-8-20(27-2)9-7-17)25-21(26)18(13-23)14-24-11-10-16-4-3-5-19(22)12-16/h3-9,12,14-15,24H,10-11H2,1-2H3,(H,25,26)/b18-14-. The second-order valence-electron chi connectivity index (χ2n) is 5.97. The fourth-order valence-electron chi connectivity index (χ4n) is 2.48. The molecule has 1 atom stereocenters. The molecular weight excluding hydrogens is 345 g/mol. The lowest BCUT2D eigenvalue weighted by atomic mass is 10.1. The van der Waals surface area contributed by atoms with Gasteiger partial charge in [0.1, 0.15) is 23.2 Å². The number of carbonyl (C=O) groups excluding carboxylic acids is 1. The minimum absolute atomic E-state index is 0.0189. The quantitative estimate of drug-likeness (QED) is 0.427. The summed E-state index contributed by atoms with van der Waals surface area (Å²) in [6, 6.07) is 15.3. The maximum atomic E-state index is 13.1. The van der Waals surface area contributed by atoms with Crippen LogP contribution in [0.3, 0.4) is 0 Å². The van der Waals surface area contributed by atoms with Crippen molar-refractivity contribution in [1.82, 2.24) is 10.6 Å². The van der Waals surface area contributed by atoms with Crippen LogP contribution in [0.5, 0.6) is 5.75 Å². The van der Waals surface area contributed by atoms with E-state index in [1.807, 2.05) is 43.3 Å². The molecule has 0 heterocycles. The van der Waals surface area contributed by atoms with Crippen LogP contribution in [0, 0.1) is 17.1 Å². The van der Waals surface area contributed by atoms with E-state index < -0.39 is 5.91 Å². The van der Waals surface area contributed by atoms with E-state index in [1.165, 1.54) is 18.3 Å². The van der Waals surface area contributed by atoms with Gasteiger partial charge in [-0.2, -0.15) is 5.26 Å². The van der Waals surface area contributed by atoms with Gasteiger partial charge in [0.05, 0.1) is 13.2 Å². The summed E-state index contributed by atoms with van der Waals surface area (Å²) in [6.07, 6.45) is 1.96. The molecule has 140 valence electrons. The van der Waals surface area contributed by atoms with Crippen LogP contribution >= 0.6 is 0 Å². The fraction of sp³-hybridized carbons (Fsp3) is 0.238. The molecule has 0 aliphatic carbocycles. The molecule has 0 spiro atoms. The van der Waals surface area contributed by atoms with Gasteiger partial charge in [-0.15, -0.1) is 0 Å². The Morgan fingerprint density at radius 3 is 2.67 bits per heavy atom. The Kier molecular flexibility index (Phi) is 7.38. The van der Waals surface area contributed by atoms with Crippen LogP contribution in [0.15, 0.2) is 60.3 Å².